The molecule has 0 aromatic rings. The van der Waals surface area contributed by atoms with Crippen molar-refractivity contribution in [3.8, 4) is 11.8 Å². The Balaban J connectivity index is 3.64. The van der Waals surface area contributed by atoms with Gasteiger partial charge in [-0.25, -0.2) is 4.79 Å². The number of rotatable bonds is 5. The number of aliphatic carboxylic acids is 1. The van der Waals surface area contributed by atoms with Gasteiger partial charge in [-0.15, -0.1) is 0 Å². The van der Waals surface area contributed by atoms with E-state index in [2.05, 4.69) is 5.92 Å². The van der Waals surface area contributed by atoms with Crippen LogP contribution in [-0.4, -0.2) is 22.3 Å². The van der Waals surface area contributed by atoms with E-state index >= 15 is 0 Å². The van der Waals surface area contributed by atoms with E-state index in [0.717, 1.165) is 6.42 Å². The third-order valence-corrected chi connectivity index (χ3v) is 1.63. The summed E-state index contributed by atoms with van der Waals surface area (Å²) in [5, 5.41) is 17.4. The van der Waals surface area contributed by atoms with Crippen LogP contribution in [0.5, 0.6) is 0 Å². The fraction of sp³-hybridized carbons (Fsp3) is 0.417. The van der Waals surface area contributed by atoms with E-state index in [4.69, 9.17) is 5.11 Å². The van der Waals surface area contributed by atoms with Crippen LogP contribution in [0, 0.1) is 11.8 Å². The van der Waals surface area contributed by atoms with Gasteiger partial charge < -0.3 is 10.2 Å². The normalized spacial score (nSPS) is 12.7. The number of allylic oxidation sites excluding steroid dienone is 4. The number of aliphatic hydroxyl groups is 1. The smallest absolute Gasteiger partial charge is 0.381 e. The van der Waals surface area contributed by atoms with E-state index < -0.39 is 12.1 Å². The third-order valence-electron chi connectivity index (χ3n) is 1.63. The second-order valence-corrected chi connectivity index (χ2v) is 2.94. The molecule has 0 spiro atoms. The van der Waals surface area contributed by atoms with Crippen molar-refractivity contribution >= 4 is 5.97 Å². The number of carboxylic acids is 1. The standard InChI is InChI=1S/C12H16O3/c1-2-3-4-5-6-7-8-11(13)9-10-12(14)15/h2-3,5-6,11,13H,4,7-8H2,1H3,(H,14,15)/b3-2+,6-5+. The molecule has 15 heavy (non-hydrogen) atoms. The fourth-order valence-electron chi connectivity index (χ4n) is 0.900. The highest BCUT2D eigenvalue weighted by Gasteiger charge is 1.96. The summed E-state index contributed by atoms with van der Waals surface area (Å²) in [5.74, 6) is 2.92. The summed E-state index contributed by atoms with van der Waals surface area (Å²) in [6.45, 7) is 1.96. The van der Waals surface area contributed by atoms with Crippen LogP contribution in [0.15, 0.2) is 24.3 Å². The zero-order chi connectivity index (χ0) is 11.5. The van der Waals surface area contributed by atoms with Crippen LogP contribution in [0.25, 0.3) is 0 Å². The van der Waals surface area contributed by atoms with E-state index in [9.17, 15) is 9.90 Å². The molecule has 0 rings (SSSR count). The SMILES string of the molecule is C/C=C/C/C=C/CCC(O)C#CC(=O)O. The van der Waals surface area contributed by atoms with Crippen LogP contribution < -0.4 is 0 Å². The number of hydrogen-bond donors (Lipinski definition) is 2. The van der Waals surface area contributed by atoms with Crippen LogP contribution in [-0.2, 0) is 4.79 Å². The second-order valence-electron chi connectivity index (χ2n) is 2.94. The van der Waals surface area contributed by atoms with Gasteiger partial charge >= 0.3 is 5.97 Å². The molecule has 0 saturated heterocycles. The molecule has 0 aliphatic carbocycles. The Morgan fingerprint density at radius 1 is 1.40 bits per heavy atom. The first-order valence-corrected chi connectivity index (χ1v) is 4.85. The zero-order valence-corrected chi connectivity index (χ0v) is 8.81. The van der Waals surface area contributed by atoms with Gasteiger partial charge in [-0.05, 0) is 26.2 Å². The average molecular weight is 208 g/mol. The van der Waals surface area contributed by atoms with E-state index in [1.54, 1.807) is 0 Å². The lowest BCUT2D eigenvalue weighted by molar-refractivity contribution is -0.130. The molecule has 3 heteroatoms. The van der Waals surface area contributed by atoms with Crippen LogP contribution in [0.3, 0.4) is 0 Å². The van der Waals surface area contributed by atoms with Crippen LogP contribution in [0.2, 0.25) is 0 Å². The van der Waals surface area contributed by atoms with Gasteiger partial charge in [0, 0.05) is 5.92 Å². The molecule has 0 bridgehead atoms. The summed E-state index contributed by atoms with van der Waals surface area (Å²) < 4.78 is 0. The van der Waals surface area contributed by atoms with Gasteiger partial charge in [0.25, 0.3) is 0 Å². The van der Waals surface area contributed by atoms with Crippen molar-refractivity contribution in [3.05, 3.63) is 24.3 Å². The Bertz CT molecular complexity index is 292. The van der Waals surface area contributed by atoms with Gasteiger partial charge in [0.2, 0.25) is 0 Å². The lowest BCUT2D eigenvalue weighted by Crippen LogP contribution is -2.02. The van der Waals surface area contributed by atoms with Crippen molar-refractivity contribution in [2.24, 2.45) is 0 Å². The molecule has 1 atom stereocenters. The predicted molar refractivity (Wildman–Crippen MR) is 59.2 cm³/mol. The topological polar surface area (TPSA) is 57.5 Å². The summed E-state index contributed by atoms with van der Waals surface area (Å²) in [5.41, 5.74) is 0. The first-order valence-electron chi connectivity index (χ1n) is 4.85. The molecule has 0 saturated carbocycles. The predicted octanol–water partition coefficient (Wildman–Crippen LogP) is 1.74. The number of carboxylic acid groups (broad SMARTS) is 1. The molecule has 0 aromatic carbocycles. The minimum atomic E-state index is -1.21. The highest BCUT2D eigenvalue weighted by molar-refractivity contribution is 5.86. The molecule has 0 aliphatic heterocycles. The summed E-state index contributed by atoms with van der Waals surface area (Å²) >= 11 is 0. The van der Waals surface area contributed by atoms with Crippen molar-refractivity contribution in [1.29, 1.82) is 0 Å². The van der Waals surface area contributed by atoms with Gasteiger partial charge in [0.05, 0.1) is 0 Å². The van der Waals surface area contributed by atoms with Gasteiger partial charge in [-0.2, -0.15) is 0 Å². The van der Waals surface area contributed by atoms with Crippen molar-refractivity contribution < 1.29 is 15.0 Å². The van der Waals surface area contributed by atoms with Crippen LogP contribution in [0.1, 0.15) is 26.2 Å². The van der Waals surface area contributed by atoms with E-state index in [0.29, 0.717) is 12.8 Å². The maximum atomic E-state index is 10.0. The van der Waals surface area contributed by atoms with E-state index in [1.165, 1.54) is 0 Å². The van der Waals surface area contributed by atoms with Gasteiger partial charge in [-0.3, -0.25) is 0 Å². The quantitative estimate of drug-likeness (QED) is 0.534. The minimum Gasteiger partial charge on any atom is -0.472 e. The summed E-state index contributed by atoms with van der Waals surface area (Å²) in [7, 11) is 0. The summed E-state index contributed by atoms with van der Waals surface area (Å²) in [4.78, 5) is 10.0. The largest absolute Gasteiger partial charge is 0.472 e. The van der Waals surface area contributed by atoms with Crippen molar-refractivity contribution in [3.63, 3.8) is 0 Å². The maximum absolute atomic E-state index is 10.0. The molecule has 3 nitrogen and oxygen atoms in total. The fourth-order valence-corrected chi connectivity index (χ4v) is 0.900. The molecule has 0 aliphatic rings. The minimum absolute atomic E-state index is 0.465. The molecule has 0 amide bonds. The van der Waals surface area contributed by atoms with Crippen molar-refractivity contribution in [1.82, 2.24) is 0 Å². The van der Waals surface area contributed by atoms with Gasteiger partial charge in [0.1, 0.15) is 6.10 Å². The Hall–Kier alpha value is -1.53. The Kier molecular flexibility index (Phi) is 8.12. The number of hydrogen-bond acceptors (Lipinski definition) is 2. The summed E-state index contributed by atoms with van der Waals surface area (Å²) in [6.07, 6.45) is 9.14. The summed E-state index contributed by atoms with van der Waals surface area (Å²) in [6, 6.07) is 0. The number of carbonyl (C=O) groups is 1. The van der Waals surface area contributed by atoms with Gasteiger partial charge in [0.15, 0.2) is 0 Å². The first kappa shape index (κ1) is 13.5. The molecule has 0 fully saturated rings. The monoisotopic (exact) mass is 208 g/mol. The van der Waals surface area contributed by atoms with Crippen LogP contribution >= 0.6 is 0 Å². The highest BCUT2D eigenvalue weighted by Crippen LogP contribution is 1.98. The van der Waals surface area contributed by atoms with Crippen LogP contribution in [0.4, 0.5) is 0 Å². The first-order chi connectivity index (χ1) is 7.16. The molecule has 0 heterocycles. The number of aliphatic hydroxyl groups excluding tert-OH is 1. The third kappa shape index (κ3) is 10.4. The van der Waals surface area contributed by atoms with E-state index in [-0.39, 0.29) is 0 Å². The molecule has 2 N–H and O–H groups in total. The van der Waals surface area contributed by atoms with Crippen molar-refractivity contribution in [2.45, 2.75) is 32.3 Å². The van der Waals surface area contributed by atoms with Gasteiger partial charge in [-0.1, -0.05) is 30.2 Å². The maximum Gasteiger partial charge on any atom is 0.381 e. The molecular formula is C12H16O3. The molecule has 0 aromatic heterocycles. The second kappa shape index (κ2) is 9.04. The average Bonchev–Trinajstić information content (AvgIpc) is 2.20. The highest BCUT2D eigenvalue weighted by atomic mass is 16.4. The lowest BCUT2D eigenvalue weighted by atomic mass is 10.2. The van der Waals surface area contributed by atoms with Crippen molar-refractivity contribution in [2.75, 3.05) is 0 Å². The Labute approximate surface area is 90.1 Å². The lowest BCUT2D eigenvalue weighted by Gasteiger charge is -1.97. The molecule has 0 radical (unpaired) electrons. The molecule has 82 valence electrons. The molecular weight excluding hydrogens is 192 g/mol. The zero-order valence-electron chi connectivity index (χ0n) is 8.81. The van der Waals surface area contributed by atoms with E-state index in [1.807, 2.05) is 37.1 Å². The molecule has 1 unspecified atom stereocenters. The Morgan fingerprint density at radius 3 is 2.73 bits per heavy atom. The Morgan fingerprint density at radius 2 is 2.13 bits per heavy atom.